The quantitative estimate of drug-likeness (QED) is 0.280. The van der Waals surface area contributed by atoms with Gasteiger partial charge in [0.15, 0.2) is 0 Å². The summed E-state index contributed by atoms with van der Waals surface area (Å²) in [7, 11) is 6.40. The summed E-state index contributed by atoms with van der Waals surface area (Å²) in [5.74, 6) is 0. The van der Waals surface area contributed by atoms with E-state index in [4.69, 9.17) is 11.6 Å². The van der Waals surface area contributed by atoms with Gasteiger partial charge in [-0.1, -0.05) is 11.6 Å². The van der Waals surface area contributed by atoms with E-state index in [1.165, 1.54) is 18.2 Å². The number of anilines is 1. The number of hydrogen-bond acceptors (Lipinski definition) is 6. The number of nitro benzene ring substituents is 1. The number of nitrogens with zero attached hydrogens (tertiary/aromatic N) is 5. The van der Waals surface area contributed by atoms with Gasteiger partial charge in [-0.2, -0.15) is 5.11 Å². The van der Waals surface area contributed by atoms with Crippen LogP contribution in [0.25, 0.3) is 0 Å². The van der Waals surface area contributed by atoms with Crippen LogP contribution in [0.15, 0.2) is 46.6 Å². The molecular formula is C20H27ClN5O3+. The summed E-state index contributed by atoms with van der Waals surface area (Å²) < 4.78 is 0.837. The van der Waals surface area contributed by atoms with Crippen molar-refractivity contribution < 1.29 is 14.5 Å². The number of non-ortho nitro benzene ring substituents is 1. The zero-order chi connectivity index (χ0) is 21.6. The Morgan fingerprint density at radius 1 is 1.10 bits per heavy atom. The maximum absolute atomic E-state index is 10.8. The van der Waals surface area contributed by atoms with Crippen LogP contribution in [0.1, 0.15) is 5.56 Å². The number of azo groups is 1. The van der Waals surface area contributed by atoms with Crippen molar-refractivity contribution in [1.29, 1.82) is 0 Å². The fourth-order valence-corrected chi connectivity index (χ4v) is 2.87. The summed E-state index contributed by atoms with van der Waals surface area (Å²) in [6.07, 6.45) is 0. The van der Waals surface area contributed by atoms with Crippen LogP contribution in [-0.4, -0.2) is 61.9 Å². The number of rotatable bonds is 9. The summed E-state index contributed by atoms with van der Waals surface area (Å²) in [6.45, 7) is 4.34. The zero-order valence-electron chi connectivity index (χ0n) is 17.2. The number of benzene rings is 2. The summed E-state index contributed by atoms with van der Waals surface area (Å²) in [6, 6.07) is 9.90. The topological polar surface area (TPSA) is 91.3 Å². The van der Waals surface area contributed by atoms with Crippen molar-refractivity contribution in [2.45, 2.75) is 6.92 Å². The van der Waals surface area contributed by atoms with Crippen LogP contribution in [0.3, 0.4) is 0 Å². The lowest BCUT2D eigenvalue weighted by molar-refractivity contribution is -0.868. The number of nitro groups is 1. The number of quaternary nitrogens is 1. The second-order valence-corrected chi connectivity index (χ2v) is 8.20. The average Bonchev–Trinajstić information content (AvgIpc) is 2.64. The second kappa shape index (κ2) is 9.78. The molecule has 0 saturated heterocycles. The number of halogens is 1. The fourth-order valence-electron chi connectivity index (χ4n) is 2.66. The number of aliphatic hydroxyl groups excluding tert-OH is 1. The Morgan fingerprint density at radius 2 is 1.76 bits per heavy atom. The van der Waals surface area contributed by atoms with E-state index in [0.717, 1.165) is 28.8 Å². The number of aliphatic hydroxyl groups is 1. The van der Waals surface area contributed by atoms with Gasteiger partial charge in [0, 0.05) is 24.4 Å². The van der Waals surface area contributed by atoms with Gasteiger partial charge in [0.25, 0.3) is 5.69 Å². The predicted octanol–water partition coefficient (Wildman–Crippen LogP) is 4.48. The minimum Gasteiger partial charge on any atom is -0.395 e. The van der Waals surface area contributed by atoms with Gasteiger partial charge < -0.3 is 14.5 Å². The highest BCUT2D eigenvalue weighted by Crippen LogP contribution is 2.32. The minimum absolute atomic E-state index is 0.0797. The molecule has 0 heterocycles. The van der Waals surface area contributed by atoms with E-state index < -0.39 is 4.92 Å². The van der Waals surface area contributed by atoms with Gasteiger partial charge in [-0.15, -0.1) is 5.11 Å². The van der Waals surface area contributed by atoms with E-state index in [9.17, 15) is 15.2 Å². The maximum atomic E-state index is 10.8. The van der Waals surface area contributed by atoms with E-state index in [-0.39, 0.29) is 17.3 Å². The Labute approximate surface area is 175 Å². The molecule has 29 heavy (non-hydrogen) atoms. The van der Waals surface area contributed by atoms with Gasteiger partial charge in [0.2, 0.25) is 0 Å². The molecule has 1 N–H and O–H groups in total. The maximum Gasteiger partial charge on any atom is 0.271 e. The summed E-state index contributed by atoms with van der Waals surface area (Å²) in [4.78, 5) is 12.4. The van der Waals surface area contributed by atoms with Crippen molar-refractivity contribution in [2.24, 2.45) is 10.2 Å². The number of likely N-dealkylation sites (N-methyl/N-ethyl adjacent to an activating group) is 1. The molecule has 0 atom stereocenters. The first-order valence-corrected chi connectivity index (χ1v) is 9.61. The zero-order valence-corrected chi connectivity index (χ0v) is 17.9. The molecule has 9 heteroatoms. The average molecular weight is 421 g/mol. The molecule has 156 valence electrons. The van der Waals surface area contributed by atoms with E-state index >= 15 is 0 Å². The van der Waals surface area contributed by atoms with Crippen LogP contribution < -0.4 is 4.90 Å². The van der Waals surface area contributed by atoms with Crippen LogP contribution in [0, 0.1) is 17.0 Å². The van der Waals surface area contributed by atoms with E-state index in [1.54, 1.807) is 0 Å². The molecule has 0 aliphatic heterocycles. The van der Waals surface area contributed by atoms with Gasteiger partial charge in [0.1, 0.15) is 5.69 Å². The molecule has 0 saturated carbocycles. The van der Waals surface area contributed by atoms with E-state index in [1.807, 2.05) is 25.1 Å². The first-order valence-electron chi connectivity index (χ1n) is 9.23. The van der Waals surface area contributed by atoms with Crippen molar-refractivity contribution in [3.05, 3.63) is 57.1 Å². The Hall–Kier alpha value is -2.55. The van der Waals surface area contributed by atoms with Crippen LogP contribution in [0.2, 0.25) is 5.02 Å². The lowest BCUT2D eigenvalue weighted by Crippen LogP contribution is -2.42. The largest absolute Gasteiger partial charge is 0.395 e. The second-order valence-electron chi connectivity index (χ2n) is 7.79. The van der Waals surface area contributed by atoms with Crippen molar-refractivity contribution in [3.63, 3.8) is 0 Å². The lowest BCUT2D eigenvalue weighted by atomic mass is 10.1. The lowest BCUT2D eigenvalue weighted by Gasteiger charge is -2.30. The molecule has 0 aliphatic rings. The Bertz CT molecular complexity index is 896. The van der Waals surface area contributed by atoms with Crippen LogP contribution in [0.5, 0.6) is 0 Å². The van der Waals surface area contributed by atoms with Crippen molar-refractivity contribution in [3.8, 4) is 0 Å². The van der Waals surface area contributed by atoms with Gasteiger partial charge in [-0.3, -0.25) is 10.1 Å². The highest BCUT2D eigenvalue weighted by Gasteiger charge is 2.14. The smallest absolute Gasteiger partial charge is 0.271 e. The molecule has 2 aromatic carbocycles. The Kier molecular flexibility index (Phi) is 7.66. The van der Waals surface area contributed by atoms with E-state index in [2.05, 4.69) is 36.3 Å². The van der Waals surface area contributed by atoms with Gasteiger partial charge in [0.05, 0.1) is 56.5 Å². The molecule has 0 amide bonds. The Morgan fingerprint density at radius 3 is 2.31 bits per heavy atom. The molecule has 0 unspecified atom stereocenters. The molecule has 8 nitrogen and oxygen atoms in total. The molecule has 0 radical (unpaired) electrons. The standard InChI is InChI=1S/C20H27ClN5O3/c1-15-13-16(24(10-12-27)9-11-26(2,3)4)5-7-19(15)22-23-20-8-6-17(25(28)29)14-18(20)21/h5-8,13-14,27H,9-12H2,1-4H3/q+1. The van der Waals surface area contributed by atoms with Crippen molar-refractivity contribution in [2.75, 3.05) is 52.3 Å². The highest BCUT2D eigenvalue weighted by atomic mass is 35.5. The predicted molar refractivity (Wildman–Crippen MR) is 116 cm³/mol. The monoisotopic (exact) mass is 420 g/mol. The Balaban J connectivity index is 2.19. The summed E-state index contributed by atoms with van der Waals surface area (Å²) in [5.41, 5.74) is 2.89. The molecule has 0 bridgehead atoms. The van der Waals surface area contributed by atoms with Crippen molar-refractivity contribution >= 4 is 34.4 Å². The molecule has 2 aromatic rings. The third-order valence-corrected chi connectivity index (χ3v) is 4.67. The fraction of sp³-hybridized carbons (Fsp3) is 0.400. The van der Waals surface area contributed by atoms with Crippen LogP contribution in [-0.2, 0) is 0 Å². The summed E-state index contributed by atoms with van der Waals surface area (Å²) in [5, 5.41) is 28.7. The van der Waals surface area contributed by atoms with Crippen LogP contribution >= 0.6 is 11.6 Å². The number of hydrogen-bond donors (Lipinski definition) is 1. The van der Waals surface area contributed by atoms with Gasteiger partial charge >= 0.3 is 0 Å². The first-order chi connectivity index (χ1) is 13.6. The number of aryl methyl sites for hydroxylation is 1. The molecule has 0 spiro atoms. The molecule has 0 fully saturated rings. The molecule has 2 rings (SSSR count). The highest BCUT2D eigenvalue weighted by molar-refractivity contribution is 6.33. The third-order valence-electron chi connectivity index (χ3n) is 4.36. The van der Waals surface area contributed by atoms with Gasteiger partial charge in [-0.25, -0.2) is 0 Å². The van der Waals surface area contributed by atoms with Crippen LogP contribution in [0.4, 0.5) is 22.7 Å². The first kappa shape index (κ1) is 22.7. The molecular weight excluding hydrogens is 394 g/mol. The minimum atomic E-state index is -0.508. The molecule has 0 aliphatic carbocycles. The van der Waals surface area contributed by atoms with E-state index in [0.29, 0.717) is 17.9 Å². The SMILES string of the molecule is Cc1cc(N(CCO)CC[N+](C)(C)C)ccc1N=Nc1ccc([N+](=O)[O-])cc1Cl. The normalized spacial score (nSPS) is 11.8. The summed E-state index contributed by atoms with van der Waals surface area (Å²) >= 11 is 6.06. The van der Waals surface area contributed by atoms with Gasteiger partial charge in [-0.05, 0) is 36.8 Å². The molecule has 0 aromatic heterocycles. The third kappa shape index (κ3) is 6.77. The van der Waals surface area contributed by atoms with Crippen molar-refractivity contribution in [1.82, 2.24) is 0 Å².